The number of benzene rings is 1. The Labute approximate surface area is 181 Å². The van der Waals surface area contributed by atoms with E-state index in [0.717, 1.165) is 41.8 Å². The monoisotopic (exact) mass is 437 g/mol. The first-order valence-electron chi connectivity index (χ1n) is 9.68. The van der Waals surface area contributed by atoms with Crippen LogP contribution < -0.4 is 10.0 Å². The molecule has 1 atom stereocenters. The predicted molar refractivity (Wildman–Crippen MR) is 115 cm³/mol. The smallest absolute Gasteiger partial charge is 0.317 e. The van der Waals surface area contributed by atoms with Gasteiger partial charge in [-0.2, -0.15) is 0 Å². The predicted octanol–water partition coefficient (Wildman–Crippen LogP) is 3.98. The lowest BCUT2D eigenvalue weighted by Gasteiger charge is -2.35. The minimum atomic E-state index is -0.297. The van der Waals surface area contributed by atoms with Crippen molar-refractivity contribution in [1.29, 1.82) is 0 Å². The lowest BCUT2D eigenvalue weighted by atomic mass is 10.0. The highest BCUT2D eigenvalue weighted by Gasteiger charge is 2.26. The molecule has 1 fully saturated rings. The summed E-state index contributed by atoms with van der Waals surface area (Å²) in [5, 5.41) is 13.4. The molecule has 1 saturated heterocycles. The van der Waals surface area contributed by atoms with E-state index >= 15 is 0 Å². The van der Waals surface area contributed by atoms with Gasteiger partial charge in [-0.15, -0.1) is 0 Å². The molecule has 0 radical (unpaired) electrons. The zero-order chi connectivity index (χ0) is 21.1. The van der Waals surface area contributed by atoms with E-state index in [1.165, 1.54) is 6.20 Å². The van der Waals surface area contributed by atoms with Crippen molar-refractivity contribution < 1.29 is 14.7 Å². The average molecular weight is 438 g/mol. The SMILES string of the molecule is CC(NC(=O)N(C)C1CCN(C)CC1)c1ccc(-c2ccc[n+](O)c2)c(Cl)c1Cl. The molecule has 1 aliphatic rings. The lowest BCUT2D eigenvalue weighted by Crippen LogP contribution is -2.48. The van der Waals surface area contributed by atoms with Crippen molar-refractivity contribution in [2.24, 2.45) is 0 Å². The fourth-order valence-corrected chi connectivity index (χ4v) is 4.27. The number of pyridine rings is 1. The van der Waals surface area contributed by atoms with E-state index in [4.69, 9.17) is 23.2 Å². The standard InChI is InChI=1S/C21H26Cl2N4O2/c1-14(24-21(28)26(3)16-8-11-25(2)12-9-16)17-6-7-18(20(23)19(17)22)15-5-4-10-27(29)13-15/h4-7,10,13-14,16H,8-9,11-12H2,1-3H3,(H-,24,28,29)/p+1. The number of nitrogens with zero attached hydrogens (tertiary/aromatic N) is 3. The van der Waals surface area contributed by atoms with Crippen LogP contribution in [-0.2, 0) is 0 Å². The third kappa shape index (κ3) is 4.94. The van der Waals surface area contributed by atoms with Crippen molar-refractivity contribution in [3.05, 3.63) is 52.3 Å². The van der Waals surface area contributed by atoms with Crippen LogP contribution in [0.1, 0.15) is 31.4 Å². The van der Waals surface area contributed by atoms with E-state index in [9.17, 15) is 10.0 Å². The maximum atomic E-state index is 12.7. The van der Waals surface area contributed by atoms with Crippen molar-refractivity contribution >= 4 is 29.2 Å². The van der Waals surface area contributed by atoms with Crippen LogP contribution in [0.2, 0.25) is 10.0 Å². The molecule has 156 valence electrons. The molecule has 8 heteroatoms. The highest BCUT2D eigenvalue weighted by atomic mass is 35.5. The summed E-state index contributed by atoms with van der Waals surface area (Å²) in [5.74, 6) is 0. The molecule has 0 saturated carbocycles. The van der Waals surface area contributed by atoms with Gasteiger partial charge in [-0.25, -0.2) is 4.79 Å². The van der Waals surface area contributed by atoms with Crippen molar-refractivity contribution in [1.82, 2.24) is 15.1 Å². The van der Waals surface area contributed by atoms with Crippen molar-refractivity contribution in [2.45, 2.75) is 31.8 Å². The zero-order valence-corrected chi connectivity index (χ0v) is 18.4. The number of hydrogen-bond donors (Lipinski definition) is 2. The van der Waals surface area contributed by atoms with Gasteiger partial charge in [0.25, 0.3) is 0 Å². The first-order valence-corrected chi connectivity index (χ1v) is 10.4. The number of rotatable bonds is 4. The van der Waals surface area contributed by atoms with E-state index in [2.05, 4.69) is 17.3 Å². The van der Waals surface area contributed by atoms with Gasteiger partial charge in [-0.1, -0.05) is 35.3 Å². The molecule has 1 aromatic carbocycles. The highest BCUT2D eigenvalue weighted by Crippen LogP contribution is 2.37. The summed E-state index contributed by atoms with van der Waals surface area (Å²) in [4.78, 5) is 16.8. The number of likely N-dealkylation sites (tertiary alicyclic amines) is 1. The number of carbonyl (C=O) groups excluding carboxylic acids is 1. The molecule has 2 heterocycles. The topological polar surface area (TPSA) is 59.7 Å². The summed E-state index contributed by atoms with van der Waals surface area (Å²) in [5.41, 5.74) is 2.20. The van der Waals surface area contributed by atoms with Gasteiger partial charge in [0.2, 0.25) is 12.4 Å². The van der Waals surface area contributed by atoms with Gasteiger partial charge in [0.05, 0.1) is 21.7 Å². The van der Waals surface area contributed by atoms with Crippen molar-refractivity contribution in [2.75, 3.05) is 27.2 Å². The Bertz CT molecular complexity index is 885. The van der Waals surface area contributed by atoms with Gasteiger partial charge in [0.15, 0.2) is 0 Å². The van der Waals surface area contributed by atoms with Crippen LogP contribution in [0.25, 0.3) is 11.1 Å². The quantitative estimate of drug-likeness (QED) is 0.561. The normalized spacial score (nSPS) is 16.4. The third-order valence-electron chi connectivity index (χ3n) is 5.57. The van der Waals surface area contributed by atoms with E-state index in [0.29, 0.717) is 15.6 Å². The van der Waals surface area contributed by atoms with E-state index in [-0.39, 0.29) is 18.1 Å². The molecule has 1 aliphatic heterocycles. The first-order chi connectivity index (χ1) is 13.8. The Balaban J connectivity index is 1.73. The van der Waals surface area contributed by atoms with Gasteiger partial charge in [0.1, 0.15) is 0 Å². The van der Waals surface area contributed by atoms with E-state index < -0.39 is 0 Å². The molecule has 1 aromatic heterocycles. The number of piperidine rings is 1. The molecule has 29 heavy (non-hydrogen) atoms. The molecule has 0 spiro atoms. The van der Waals surface area contributed by atoms with Crippen LogP contribution >= 0.6 is 23.2 Å². The summed E-state index contributed by atoms with van der Waals surface area (Å²) in [7, 11) is 3.94. The van der Waals surface area contributed by atoms with Crippen LogP contribution in [0, 0.1) is 0 Å². The largest absolute Gasteiger partial charge is 0.331 e. The Morgan fingerprint density at radius 2 is 1.97 bits per heavy atom. The van der Waals surface area contributed by atoms with Gasteiger partial charge >= 0.3 is 6.03 Å². The molecule has 3 rings (SSSR count). The minimum absolute atomic E-state index is 0.118. The third-order valence-corrected chi connectivity index (χ3v) is 6.47. The second-order valence-corrected chi connectivity index (χ2v) is 8.38. The summed E-state index contributed by atoms with van der Waals surface area (Å²) < 4.78 is 0.967. The molecule has 2 aromatic rings. The van der Waals surface area contributed by atoms with Gasteiger partial charge in [0, 0.05) is 29.4 Å². The highest BCUT2D eigenvalue weighted by molar-refractivity contribution is 6.44. The van der Waals surface area contributed by atoms with E-state index in [1.807, 2.05) is 32.2 Å². The molecule has 2 amide bonds. The van der Waals surface area contributed by atoms with Crippen molar-refractivity contribution in [3.63, 3.8) is 0 Å². The molecule has 2 N–H and O–H groups in total. The summed E-state index contributed by atoms with van der Waals surface area (Å²) >= 11 is 13.1. The van der Waals surface area contributed by atoms with Crippen molar-refractivity contribution in [3.8, 4) is 11.1 Å². The number of halogens is 2. The molecule has 1 unspecified atom stereocenters. The average Bonchev–Trinajstić information content (AvgIpc) is 2.69. The zero-order valence-electron chi connectivity index (χ0n) is 16.9. The number of aromatic nitrogens is 1. The Morgan fingerprint density at radius 1 is 1.28 bits per heavy atom. The van der Waals surface area contributed by atoms with Crippen LogP contribution in [0.15, 0.2) is 36.7 Å². The second kappa shape index (κ2) is 9.20. The van der Waals surface area contributed by atoms with Gasteiger partial charge < -0.3 is 15.1 Å². The number of nitrogens with one attached hydrogen (secondary N) is 1. The minimum Gasteiger partial charge on any atom is -0.331 e. The molecular formula is C21H27Cl2N4O2+. The van der Waals surface area contributed by atoms with Crippen LogP contribution in [0.5, 0.6) is 0 Å². The lowest BCUT2D eigenvalue weighted by molar-refractivity contribution is -0.904. The number of urea groups is 1. The van der Waals surface area contributed by atoms with E-state index in [1.54, 1.807) is 17.2 Å². The Kier molecular flexibility index (Phi) is 6.88. The van der Waals surface area contributed by atoms with Crippen LogP contribution in [0.4, 0.5) is 4.79 Å². The fourth-order valence-electron chi connectivity index (χ4n) is 3.66. The van der Waals surface area contributed by atoms with Gasteiger partial charge in [-0.05, 0) is 51.5 Å². The Morgan fingerprint density at radius 3 is 2.62 bits per heavy atom. The summed E-state index contributed by atoms with van der Waals surface area (Å²) in [6, 6.07) is 7.09. The summed E-state index contributed by atoms with van der Waals surface area (Å²) in [6.45, 7) is 3.88. The first kappa shape index (κ1) is 21.7. The second-order valence-electron chi connectivity index (χ2n) is 7.62. The van der Waals surface area contributed by atoms with Crippen LogP contribution in [-0.4, -0.2) is 54.3 Å². The van der Waals surface area contributed by atoms with Gasteiger partial charge in [-0.3, -0.25) is 5.21 Å². The number of amides is 2. The maximum absolute atomic E-state index is 12.7. The molecule has 0 bridgehead atoms. The number of hydrogen-bond acceptors (Lipinski definition) is 3. The van der Waals surface area contributed by atoms with Crippen LogP contribution in [0.3, 0.4) is 0 Å². The number of carbonyl (C=O) groups is 1. The molecule has 6 nitrogen and oxygen atoms in total. The molecule has 0 aliphatic carbocycles. The Hall–Kier alpha value is -2.02. The maximum Gasteiger partial charge on any atom is 0.317 e. The molecular weight excluding hydrogens is 411 g/mol. The summed E-state index contributed by atoms with van der Waals surface area (Å²) in [6.07, 6.45) is 5.01. The fraction of sp³-hybridized carbons (Fsp3) is 0.429.